The number of hydrogen-bond acceptors (Lipinski definition) is 1. The van der Waals surface area contributed by atoms with E-state index in [9.17, 15) is 0 Å². The number of aryl methyl sites for hydroxylation is 4. The van der Waals surface area contributed by atoms with E-state index in [0.717, 1.165) is 12.4 Å². The molecule has 0 unspecified atom stereocenters. The summed E-state index contributed by atoms with van der Waals surface area (Å²) in [6, 6.07) is 9.22. The molecule has 0 radical (unpaired) electrons. The van der Waals surface area contributed by atoms with Crippen LogP contribution in [0.25, 0.3) is 0 Å². The van der Waals surface area contributed by atoms with E-state index in [1.807, 2.05) is 0 Å². The second-order valence-corrected chi connectivity index (χ2v) is 9.31. The molecular weight excluding hydrogens is 364 g/mol. The van der Waals surface area contributed by atoms with Gasteiger partial charge in [-0.3, -0.25) is 0 Å². The fraction of sp³-hybridized carbons (Fsp3) is 0.586. The largest absolute Gasteiger partial charge is 0.493 e. The Morgan fingerprint density at radius 3 is 1.40 bits per heavy atom. The molecule has 0 fully saturated rings. The summed E-state index contributed by atoms with van der Waals surface area (Å²) in [5.41, 5.74) is 9.81. The maximum absolute atomic E-state index is 6.05. The van der Waals surface area contributed by atoms with Gasteiger partial charge in [0.05, 0.1) is 6.61 Å². The average molecular weight is 411 g/mol. The Morgan fingerprint density at radius 2 is 1.07 bits per heavy atom. The first-order chi connectivity index (χ1) is 14.1. The molecule has 168 valence electrons. The lowest BCUT2D eigenvalue weighted by atomic mass is 9.85. The molecule has 2 aromatic carbocycles. The average Bonchev–Trinajstić information content (AvgIpc) is 2.68. The van der Waals surface area contributed by atoms with Gasteiger partial charge in [0.25, 0.3) is 0 Å². The Kier molecular flexibility index (Phi) is 10.7. The summed E-state index contributed by atoms with van der Waals surface area (Å²) in [6.07, 6.45) is 2.35. The van der Waals surface area contributed by atoms with Crippen LogP contribution in [-0.2, 0) is 0 Å². The van der Waals surface area contributed by atoms with Crippen LogP contribution >= 0.6 is 0 Å². The second-order valence-electron chi connectivity index (χ2n) is 9.31. The van der Waals surface area contributed by atoms with Gasteiger partial charge < -0.3 is 4.74 Å². The third-order valence-electron chi connectivity index (χ3n) is 6.28. The molecule has 0 heterocycles. The van der Waals surface area contributed by atoms with Crippen molar-refractivity contribution in [3.05, 3.63) is 63.2 Å². The Balaban J connectivity index is 0.000000375. The maximum Gasteiger partial charge on any atom is 0.126 e. The molecule has 0 amide bonds. The normalized spacial score (nSPS) is 11.1. The van der Waals surface area contributed by atoms with Gasteiger partial charge in [-0.25, -0.2) is 0 Å². The molecular formula is C29H46O. The predicted molar refractivity (Wildman–Crippen MR) is 135 cm³/mol. The van der Waals surface area contributed by atoms with E-state index in [-0.39, 0.29) is 0 Å². The molecule has 0 aromatic heterocycles. The van der Waals surface area contributed by atoms with Crippen molar-refractivity contribution in [3.63, 3.8) is 0 Å². The molecule has 0 atom stereocenters. The van der Waals surface area contributed by atoms with E-state index in [1.165, 1.54) is 51.8 Å². The Hall–Kier alpha value is -1.76. The van der Waals surface area contributed by atoms with Crippen molar-refractivity contribution < 1.29 is 4.74 Å². The van der Waals surface area contributed by atoms with E-state index in [4.69, 9.17) is 4.74 Å². The van der Waals surface area contributed by atoms with Crippen molar-refractivity contribution >= 4 is 0 Å². The molecule has 1 heteroatoms. The quantitative estimate of drug-likeness (QED) is 0.442. The molecule has 0 N–H and O–H groups in total. The van der Waals surface area contributed by atoms with E-state index in [1.54, 1.807) is 0 Å². The van der Waals surface area contributed by atoms with Gasteiger partial charge in [-0.05, 0) is 104 Å². The Bertz CT molecular complexity index is 744. The minimum Gasteiger partial charge on any atom is -0.493 e. The number of benzene rings is 2. The van der Waals surface area contributed by atoms with Gasteiger partial charge in [-0.1, -0.05) is 65.8 Å². The van der Waals surface area contributed by atoms with Crippen LogP contribution in [-0.4, -0.2) is 6.61 Å². The lowest BCUT2D eigenvalue weighted by Gasteiger charge is -2.24. The van der Waals surface area contributed by atoms with Crippen LogP contribution in [0.15, 0.2) is 24.3 Å². The van der Waals surface area contributed by atoms with Crippen LogP contribution in [0.3, 0.4) is 0 Å². The second kappa shape index (κ2) is 12.2. The summed E-state index contributed by atoms with van der Waals surface area (Å²) >= 11 is 0. The first kappa shape index (κ1) is 26.3. The van der Waals surface area contributed by atoms with E-state index < -0.39 is 0 Å². The van der Waals surface area contributed by atoms with Gasteiger partial charge in [-0.15, -0.1) is 0 Å². The van der Waals surface area contributed by atoms with Gasteiger partial charge in [0.2, 0.25) is 0 Å². The lowest BCUT2D eigenvalue weighted by molar-refractivity contribution is 0.328. The van der Waals surface area contributed by atoms with Gasteiger partial charge in [-0.2, -0.15) is 0 Å². The van der Waals surface area contributed by atoms with Crippen LogP contribution in [0, 0.1) is 27.7 Å². The lowest BCUT2D eigenvalue weighted by Crippen LogP contribution is -2.08. The maximum atomic E-state index is 6.05. The fourth-order valence-electron chi connectivity index (χ4n) is 3.91. The van der Waals surface area contributed by atoms with Crippen molar-refractivity contribution in [1.82, 2.24) is 0 Å². The topological polar surface area (TPSA) is 9.23 Å². The van der Waals surface area contributed by atoms with Gasteiger partial charge in [0.15, 0.2) is 0 Å². The highest BCUT2D eigenvalue weighted by atomic mass is 16.5. The minimum absolute atomic E-state index is 0.503. The summed E-state index contributed by atoms with van der Waals surface area (Å²) in [5, 5.41) is 0. The first-order valence-corrected chi connectivity index (χ1v) is 11.9. The number of ether oxygens (including phenoxy) is 1. The molecule has 0 spiro atoms. The summed E-state index contributed by atoms with van der Waals surface area (Å²) in [6.45, 7) is 25.1. The predicted octanol–water partition coefficient (Wildman–Crippen LogP) is 9.16. The number of rotatable bonds is 7. The molecule has 0 saturated carbocycles. The van der Waals surface area contributed by atoms with Gasteiger partial charge in [0, 0.05) is 0 Å². The smallest absolute Gasteiger partial charge is 0.126 e. The molecule has 0 aliphatic heterocycles. The van der Waals surface area contributed by atoms with E-state index in [2.05, 4.69) is 100 Å². The van der Waals surface area contributed by atoms with Crippen molar-refractivity contribution in [3.8, 4) is 5.75 Å². The van der Waals surface area contributed by atoms with Crippen LogP contribution in [0.1, 0.15) is 118 Å². The highest BCUT2D eigenvalue weighted by Crippen LogP contribution is 2.39. The van der Waals surface area contributed by atoms with E-state index in [0.29, 0.717) is 17.8 Å². The van der Waals surface area contributed by atoms with Crippen LogP contribution in [0.5, 0.6) is 5.75 Å². The van der Waals surface area contributed by atoms with E-state index >= 15 is 0 Å². The summed E-state index contributed by atoms with van der Waals surface area (Å²) in [4.78, 5) is 0. The standard InChI is InChI=1S/C19H32O.C10H14/c1-8-15(9-2)18-12-16(13(4)5)11-17(14(6)7)19(18)20-10-3;1-7-5-9(3)10(4)6-8(7)2/h11-15H,8-10H2,1-7H3;5-6H,1-4H3. The zero-order chi connectivity index (χ0) is 23.0. The molecule has 0 bridgehead atoms. The number of hydrogen-bond donors (Lipinski definition) is 0. The van der Waals surface area contributed by atoms with Crippen LogP contribution in [0.4, 0.5) is 0 Å². The summed E-state index contributed by atoms with van der Waals surface area (Å²) in [7, 11) is 0. The SMILES string of the molecule is CCOc1c(C(C)C)cc(C(C)C)cc1C(CC)CC.Cc1cc(C)c(C)cc1C. The Labute approximate surface area is 187 Å². The third-order valence-corrected chi connectivity index (χ3v) is 6.28. The van der Waals surface area contributed by atoms with Crippen molar-refractivity contribution in [2.24, 2.45) is 0 Å². The molecule has 2 rings (SSSR count). The molecule has 0 aliphatic carbocycles. The first-order valence-electron chi connectivity index (χ1n) is 11.9. The van der Waals surface area contributed by atoms with Crippen molar-refractivity contribution in [2.45, 2.75) is 107 Å². The highest BCUT2D eigenvalue weighted by molar-refractivity contribution is 5.49. The van der Waals surface area contributed by atoms with Gasteiger partial charge >= 0.3 is 0 Å². The molecule has 0 aliphatic rings. The molecule has 0 saturated heterocycles. The van der Waals surface area contributed by atoms with Crippen LogP contribution < -0.4 is 4.74 Å². The van der Waals surface area contributed by atoms with Crippen molar-refractivity contribution in [2.75, 3.05) is 6.61 Å². The van der Waals surface area contributed by atoms with Crippen molar-refractivity contribution in [1.29, 1.82) is 0 Å². The van der Waals surface area contributed by atoms with Crippen LogP contribution in [0.2, 0.25) is 0 Å². The highest BCUT2D eigenvalue weighted by Gasteiger charge is 2.20. The monoisotopic (exact) mass is 410 g/mol. The zero-order valence-corrected chi connectivity index (χ0v) is 21.6. The minimum atomic E-state index is 0.503. The molecule has 1 nitrogen and oxygen atoms in total. The molecule has 30 heavy (non-hydrogen) atoms. The fourth-order valence-corrected chi connectivity index (χ4v) is 3.91. The Morgan fingerprint density at radius 1 is 0.633 bits per heavy atom. The van der Waals surface area contributed by atoms with Gasteiger partial charge in [0.1, 0.15) is 5.75 Å². The summed E-state index contributed by atoms with van der Waals surface area (Å²) < 4.78 is 6.05. The third kappa shape index (κ3) is 6.89. The summed E-state index contributed by atoms with van der Waals surface area (Å²) in [5.74, 6) is 2.83. The zero-order valence-electron chi connectivity index (χ0n) is 21.6. The molecule has 2 aromatic rings.